The minimum absolute atomic E-state index is 0. The Bertz CT molecular complexity index is 873. The van der Waals surface area contributed by atoms with Gasteiger partial charge in [-0.05, 0) is 48.4 Å². The molecule has 3 rings (SSSR count). The van der Waals surface area contributed by atoms with E-state index in [9.17, 15) is 4.79 Å². The van der Waals surface area contributed by atoms with Gasteiger partial charge in [0.25, 0.3) is 0 Å². The van der Waals surface area contributed by atoms with Gasteiger partial charge in [-0.15, -0.1) is 10.2 Å². The number of quaternary nitrogens is 1. The molecule has 1 aliphatic heterocycles. The van der Waals surface area contributed by atoms with Crippen LogP contribution in [0.4, 0.5) is 11.4 Å². The lowest BCUT2D eigenvalue weighted by molar-refractivity contribution is -0.887. The van der Waals surface area contributed by atoms with E-state index in [4.69, 9.17) is 4.74 Å². The van der Waals surface area contributed by atoms with Crippen LogP contribution in [0.25, 0.3) is 0 Å². The third-order valence-corrected chi connectivity index (χ3v) is 4.55. The van der Waals surface area contributed by atoms with Crippen molar-refractivity contribution in [1.29, 1.82) is 0 Å². The number of guanidine groups is 1. The van der Waals surface area contributed by atoms with Crippen LogP contribution >= 0.6 is 0 Å². The number of nitrogens with one attached hydrogen (secondary N) is 1. The van der Waals surface area contributed by atoms with E-state index < -0.39 is 0 Å². The second-order valence-corrected chi connectivity index (χ2v) is 6.80. The molecule has 0 amide bonds. The summed E-state index contributed by atoms with van der Waals surface area (Å²) >= 11 is 0. The molecular weight excluding hydrogens is 404 g/mol. The van der Waals surface area contributed by atoms with E-state index in [1.807, 2.05) is 61.5 Å². The first-order valence-corrected chi connectivity index (χ1v) is 9.68. The molecule has 1 N–H and O–H groups in total. The zero-order chi connectivity index (χ0) is 20.6. The van der Waals surface area contributed by atoms with Crippen molar-refractivity contribution in [2.75, 3.05) is 45.4 Å². The molecule has 0 saturated heterocycles. The van der Waals surface area contributed by atoms with Gasteiger partial charge in [-0.25, -0.2) is 4.79 Å². The predicted octanol–water partition coefficient (Wildman–Crippen LogP) is -0.854. The Hall–Kier alpha value is -2.97. The fourth-order valence-electron chi connectivity index (χ4n) is 3.01. The molecule has 0 saturated carbocycles. The standard InChI is InChI=1S/C21H26N6O2.ClH/c1-4-27(14-15-29-20(28)17-8-6-5-7-9-17)19-12-10-18(11-13-19)22-23-21-24-26(3)16-25(21)2;/h5-13H,4,14-16H2,1-3H3;1H. The van der Waals surface area contributed by atoms with Gasteiger partial charge in [0.1, 0.15) is 6.61 Å². The number of rotatable bonds is 7. The van der Waals surface area contributed by atoms with Gasteiger partial charge < -0.3 is 22.0 Å². The maximum absolute atomic E-state index is 12.0. The number of ether oxygens (including phenoxy) is 1. The molecule has 2 aromatic carbocycles. The zero-order valence-corrected chi connectivity index (χ0v) is 18.2. The highest BCUT2D eigenvalue weighted by molar-refractivity contribution is 5.89. The first-order chi connectivity index (χ1) is 14.1. The van der Waals surface area contributed by atoms with E-state index in [0.717, 1.165) is 29.6 Å². The van der Waals surface area contributed by atoms with Gasteiger partial charge in [0.2, 0.25) is 0 Å². The van der Waals surface area contributed by atoms with Crippen LogP contribution in [0.1, 0.15) is 17.3 Å². The third-order valence-electron chi connectivity index (χ3n) is 4.55. The number of azo groups is 1. The molecule has 9 heteroatoms. The number of hydrogen-bond donors (Lipinski definition) is 1. The van der Waals surface area contributed by atoms with E-state index in [-0.39, 0.29) is 18.4 Å². The summed E-state index contributed by atoms with van der Waals surface area (Å²) in [6, 6.07) is 16.9. The van der Waals surface area contributed by atoms with Crippen LogP contribution in [0.3, 0.4) is 0 Å². The molecule has 0 spiro atoms. The number of halogens is 1. The van der Waals surface area contributed by atoms with Crippen molar-refractivity contribution in [1.82, 2.24) is 4.90 Å². The normalized spacial score (nSPS) is 15.6. The zero-order valence-electron chi connectivity index (χ0n) is 17.5. The van der Waals surface area contributed by atoms with Crippen molar-refractivity contribution in [3.05, 3.63) is 60.2 Å². The van der Waals surface area contributed by atoms with Crippen LogP contribution in [-0.4, -0.2) is 57.3 Å². The van der Waals surface area contributed by atoms with Crippen LogP contribution in [0.5, 0.6) is 0 Å². The Morgan fingerprint density at radius 1 is 1.17 bits per heavy atom. The molecule has 2 aromatic rings. The summed E-state index contributed by atoms with van der Waals surface area (Å²) in [7, 11) is 3.92. The smallest absolute Gasteiger partial charge is 0.338 e. The topological polar surface area (TPSA) is 74.3 Å². The second kappa shape index (κ2) is 11.3. The highest BCUT2D eigenvalue weighted by Crippen LogP contribution is 2.20. The molecule has 8 nitrogen and oxygen atoms in total. The Morgan fingerprint density at radius 2 is 1.87 bits per heavy atom. The number of carbonyl (C=O) groups excluding carboxylic acids is 1. The minimum Gasteiger partial charge on any atom is -1.00 e. The van der Waals surface area contributed by atoms with Gasteiger partial charge >= 0.3 is 11.9 Å². The van der Waals surface area contributed by atoms with E-state index in [1.165, 1.54) is 0 Å². The van der Waals surface area contributed by atoms with E-state index in [1.54, 1.807) is 12.1 Å². The molecule has 1 heterocycles. The van der Waals surface area contributed by atoms with Gasteiger partial charge in [-0.2, -0.15) is 5.01 Å². The summed E-state index contributed by atoms with van der Waals surface area (Å²) in [5.74, 6) is 0.326. The molecule has 0 radical (unpaired) electrons. The van der Waals surface area contributed by atoms with Crippen molar-refractivity contribution in [3.8, 4) is 0 Å². The number of anilines is 1. The molecular formula is C21H27ClN6O2. The summed E-state index contributed by atoms with van der Waals surface area (Å²) < 4.78 is 5.39. The molecule has 0 aromatic heterocycles. The SMILES string of the molecule is CCN(CCOC(=O)c1ccccc1)c1ccc(N=NC2=N[NH+](C)CN2C)cc1.[Cl-]. The maximum atomic E-state index is 12.0. The highest BCUT2D eigenvalue weighted by atomic mass is 35.5. The second-order valence-electron chi connectivity index (χ2n) is 6.80. The lowest BCUT2D eigenvalue weighted by Crippen LogP contribution is -3.03. The molecule has 0 fully saturated rings. The van der Waals surface area contributed by atoms with Crippen LogP contribution < -0.4 is 22.3 Å². The highest BCUT2D eigenvalue weighted by Gasteiger charge is 2.20. The maximum Gasteiger partial charge on any atom is 0.338 e. The summed E-state index contributed by atoms with van der Waals surface area (Å²) in [6.07, 6.45) is 0. The lowest BCUT2D eigenvalue weighted by Gasteiger charge is -2.23. The first kappa shape index (κ1) is 23.3. The molecule has 1 atom stereocenters. The average molecular weight is 431 g/mol. The van der Waals surface area contributed by atoms with Crippen molar-refractivity contribution in [3.63, 3.8) is 0 Å². The summed E-state index contributed by atoms with van der Waals surface area (Å²) in [5.41, 5.74) is 2.37. The van der Waals surface area contributed by atoms with Gasteiger partial charge in [0, 0.05) is 19.3 Å². The van der Waals surface area contributed by atoms with Crippen LogP contribution in [-0.2, 0) is 4.74 Å². The first-order valence-electron chi connectivity index (χ1n) is 9.68. The van der Waals surface area contributed by atoms with E-state index in [2.05, 4.69) is 27.2 Å². The Kier molecular flexibility index (Phi) is 8.76. The fourth-order valence-corrected chi connectivity index (χ4v) is 3.01. The third kappa shape index (κ3) is 6.27. The monoisotopic (exact) mass is 430 g/mol. The molecule has 0 aliphatic carbocycles. The minimum atomic E-state index is -0.301. The van der Waals surface area contributed by atoms with Crippen LogP contribution in [0.15, 0.2) is 69.9 Å². The average Bonchev–Trinajstić information content (AvgIpc) is 3.07. The van der Waals surface area contributed by atoms with Crippen molar-refractivity contribution in [2.24, 2.45) is 15.3 Å². The van der Waals surface area contributed by atoms with Crippen LogP contribution in [0, 0.1) is 0 Å². The number of likely N-dealkylation sites (N-methyl/N-ethyl adjacent to an activating group) is 1. The van der Waals surface area contributed by atoms with Gasteiger partial charge in [0.15, 0.2) is 6.67 Å². The Morgan fingerprint density at radius 3 is 2.47 bits per heavy atom. The predicted molar refractivity (Wildman–Crippen MR) is 113 cm³/mol. The number of carbonyl (C=O) groups is 1. The summed E-state index contributed by atoms with van der Waals surface area (Å²) in [4.78, 5) is 16.1. The largest absolute Gasteiger partial charge is 1.00 e. The summed E-state index contributed by atoms with van der Waals surface area (Å²) in [6.45, 7) is 4.60. The molecule has 160 valence electrons. The molecule has 30 heavy (non-hydrogen) atoms. The number of hydrogen-bond acceptors (Lipinski definition) is 7. The van der Waals surface area contributed by atoms with Crippen molar-refractivity contribution in [2.45, 2.75) is 6.92 Å². The molecule has 1 aliphatic rings. The fraction of sp³-hybridized carbons (Fsp3) is 0.333. The number of nitrogens with zero attached hydrogens (tertiary/aromatic N) is 5. The lowest BCUT2D eigenvalue weighted by atomic mass is 10.2. The van der Waals surface area contributed by atoms with Crippen molar-refractivity contribution < 1.29 is 26.9 Å². The molecule has 1 unspecified atom stereocenters. The Labute approximate surface area is 183 Å². The van der Waals surface area contributed by atoms with Gasteiger partial charge in [-0.3, -0.25) is 4.90 Å². The van der Waals surface area contributed by atoms with Gasteiger partial charge in [-0.1, -0.05) is 18.2 Å². The van der Waals surface area contributed by atoms with E-state index in [0.29, 0.717) is 24.7 Å². The Balaban J connectivity index is 0.00000320. The molecule has 0 bridgehead atoms. The van der Waals surface area contributed by atoms with Gasteiger partial charge in [0.05, 0.1) is 24.8 Å². The van der Waals surface area contributed by atoms with E-state index >= 15 is 0 Å². The number of benzene rings is 2. The van der Waals surface area contributed by atoms with Crippen molar-refractivity contribution >= 4 is 23.3 Å². The quantitative estimate of drug-likeness (QED) is 0.458. The van der Waals surface area contributed by atoms with Crippen LogP contribution in [0.2, 0.25) is 0 Å². The number of esters is 1. The summed E-state index contributed by atoms with van der Waals surface area (Å²) in [5, 5.41) is 13.9.